The maximum atomic E-state index is 11.2. The van der Waals surface area contributed by atoms with Gasteiger partial charge in [0.05, 0.1) is 17.1 Å². The molecule has 1 unspecified atom stereocenters. The van der Waals surface area contributed by atoms with Gasteiger partial charge in [0.2, 0.25) is 0 Å². The monoisotopic (exact) mass is 229 g/mol. The Balaban J connectivity index is 2.43. The smallest absolute Gasteiger partial charge is 0.312 e. The van der Waals surface area contributed by atoms with Gasteiger partial charge in [0.15, 0.2) is 0 Å². The largest absolute Gasteiger partial charge is 0.481 e. The van der Waals surface area contributed by atoms with Crippen molar-refractivity contribution in [1.82, 2.24) is 4.98 Å². The Kier molecular flexibility index (Phi) is 3.38. The van der Waals surface area contributed by atoms with Crippen LogP contribution in [0.1, 0.15) is 31.4 Å². The lowest BCUT2D eigenvalue weighted by Gasteiger charge is -2.11. The van der Waals surface area contributed by atoms with Crippen LogP contribution in [0.5, 0.6) is 0 Å². The minimum absolute atomic E-state index is 0.496. The van der Waals surface area contributed by atoms with Gasteiger partial charge >= 0.3 is 5.97 Å². The molecule has 1 aromatic heterocycles. The van der Waals surface area contributed by atoms with Crippen LogP contribution in [0, 0.1) is 0 Å². The number of carboxylic acid groups (broad SMARTS) is 1. The SMILES string of the molecule is CCCC(C(=O)O)c1ccc2ccccc2n1. The number of aliphatic carboxylic acids is 1. The van der Waals surface area contributed by atoms with Crippen LogP contribution in [-0.4, -0.2) is 16.1 Å². The van der Waals surface area contributed by atoms with E-state index in [1.807, 2.05) is 43.3 Å². The van der Waals surface area contributed by atoms with Gasteiger partial charge in [0.1, 0.15) is 0 Å². The standard InChI is InChI=1S/C14H15NO2/c1-2-5-11(14(16)17)13-9-8-10-6-3-4-7-12(10)15-13/h3-4,6-9,11H,2,5H2,1H3,(H,16,17). The van der Waals surface area contributed by atoms with E-state index in [4.69, 9.17) is 0 Å². The second-order valence-electron chi connectivity index (χ2n) is 4.11. The van der Waals surface area contributed by atoms with Crippen molar-refractivity contribution in [3.63, 3.8) is 0 Å². The molecule has 0 bridgehead atoms. The summed E-state index contributed by atoms with van der Waals surface area (Å²) in [4.78, 5) is 15.6. The Morgan fingerprint density at radius 3 is 2.76 bits per heavy atom. The van der Waals surface area contributed by atoms with E-state index in [0.717, 1.165) is 17.3 Å². The van der Waals surface area contributed by atoms with Crippen molar-refractivity contribution in [2.75, 3.05) is 0 Å². The summed E-state index contributed by atoms with van der Waals surface area (Å²) in [5.41, 5.74) is 1.51. The van der Waals surface area contributed by atoms with Crippen molar-refractivity contribution in [1.29, 1.82) is 0 Å². The number of aromatic nitrogens is 1. The van der Waals surface area contributed by atoms with E-state index in [1.165, 1.54) is 0 Å². The van der Waals surface area contributed by atoms with Crippen molar-refractivity contribution in [3.05, 3.63) is 42.1 Å². The first-order valence-corrected chi connectivity index (χ1v) is 5.81. The second kappa shape index (κ2) is 4.95. The van der Waals surface area contributed by atoms with E-state index in [-0.39, 0.29) is 0 Å². The third-order valence-corrected chi connectivity index (χ3v) is 2.85. The van der Waals surface area contributed by atoms with Crippen LogP contribution in [0.25, 0.3) is 10.9 Å². The lowest BCUT2D eigenvalue weighted by molar-refractivity contribution is -0.139. The molecule has 17 heavy (non-hydrogen) atoms. The molecule has 0 aliphatic carbocycles. The van der Waals surface area contributed by atoms with Crippen LogP contribution in [0.4, 0.5) is 0 Å². The van der Waals surface area contributed by atoms with Gasteiger partial charge in [-0.05, 0) is 18.6 Å². The molecule has 0 aliphatic rings. The van der Waals surface area contributed by atoms with Crippen LogP contribution in [0.3, 0.4) is 0 Å². The Bertz CT molecular complexity index is 536. The van der Waals surface area contributed by atoms with Gasteiger partial charge in [-0.3, -0.25) is 9.78 Å². The molecule has 0 saturated carbocycles. The number of rotatable bonds is 4. The normalized spacial score (nSPS) is 12.5. The van der Waals surface area contributed by atoms with Crippen LogP contribution < -0.4 is 0 Å². The lowest BCUT2D eigenvalue weighted by atomic mass is 9.99. The topological polar surface area (TPSA) is 50.2 Å². The Hall–Kier alpha value is -1.90. The maximum Gasteiger partial charge on any atom is 0.312 e. The predicted octanol–water partition coefficient (Wildman–Crippen LogP) is 3.20. The van der Waals surface area contributed by atoms with Gasteiger partial charge in [-0.1, -0.05) is 37.6 Å². The number of carbonyl (C=O) groups is 1. The first-order chi connectivity index (χ1) is 8.22. The van der Waals surface area contributed by atoms with Crippen molar-refractivity contribution < 1.29 is 9.90 Å². The molecule has 0 radical (unpaired) electrons. The van der Waals surface area contributed by atoms with E-state index in [0.29, 0.717) is 12.1 Å². The molecule has 1 aromatic carbocycles. The van der Waals surface area contributed by atoms with Crippen LogP contribution in [-0.2, 0) is 4.79 Å². The molecular weight excluding hydrogens is 214 g/mol. The van der Waals surface area contributed by atoms with Crippen LogP contribution >= 0.6 is 0 Å². The third kappa shape index (κ3) is 2.44. The predicted molar refractivity (Wildman–Crippen MR) is 67.0 cm³/mol. The zero-order chi connectivity index (χ0) is 12.3. The molecule has 3 nitrogen and oxygen atoms in total. The molecule has 0 fully saturated rings. The fraction of sp³-hybridized carbons (Fsp3) is 0.286. The first kappa shape index (κ1) is 11.6. The van der Waals surface area contributed by atoms with Crippen LogP contribution in [0.15, 0.2) is 36.4 Å². The quantitative estimate of drug-likeness (QED) is 0.875. The first-order valence-electron chi connectivity index (χ1n) is 5.81. The number of carboxylic acids is 1. The summed E-state index contributed by atoms with van der Waals surface area (Å²) in [6, 6.07) is 11.5. The van der Waals surface area contributed by atoms with E-state index in [9.17, 15) is 9.90 Å². The summed E-state index contributed by atoms with van der Waals surface area (Å²) in [5, 5.41) is 10.2. The molecule has 0 saturated heterocycles. The van der Waals surface area contributed by atoms with Gasteiger partial charge in [-0.2, -0.15) is 0 Å². The second-order valence-corrected chi connectivity index (χ2v) is 4.11. The third-order valence-electron chi connectivity index (χ3n) is 2.85. The minimum atomic E-state index is -0.797. The van der Waals surface area contributed by atoms with E-state index in [1.54, 1.807) is 0 Å². The Morgan fingerprint density at radius 1 is 1.29 bits per heavy atom. The van der Waals surface area contributed by atoms with E-state index in [2.05, 4.69) is 4.98 Å². The van der Waals surface area contributed by atoms with E-state index >= 15 is 0 Å². The number of pyridine rings is 1. The Labute approximate surface area is 100 Å². The maximum absolute atomic E-state index is 11.2. The lowest BCUT2D eigenvalue weighted by Crippen LogP contribution is -2.12. The molecule has 1 atom stereocenters. The zero-order valence-corrected chi connectivity index (χ0v) is 9.76. The number of fused-ring (bicyclic) bond motifs is 1. The summed E-state index contributed by atoms with van der Waals surface area (Å²) in [6.07, 6.45) is 1.46. The molecule has 2 aromatic rings. The fourth-order valence-electron chi connectivity index (χ4n) is 1.96. The molecular formula is C14H15NO2. The molecule has 3 heteroatoms. The summed E-state index contributed by atoms with van der Waals surface area (Å²) in [5.74, 6) is -1.29. The highest BCUT2D eigenvalue weighted by molar-refractivity contribution is 5.81. The molecule has 88 valence electrons. The molecule has 1 heterocycles. The van der Waals surface area contributed by atoms with E-state index < -0.39 is 11.9 Å². The number of hydrogen-bond acceptors (Lipinski definition) is 2. The van der Waals surface area contributed by atoms with Crippen molar-refractivity contribution in [2.24, 2.45) is 0 Å². The van der Waals surface area contributed by atoms with Crippen LogP contribution in [0.2, 0.25) is 0 Å². The van der Waals surface area contributed by atoms with Crippen molar-refractivity contribution in [2.45, 2.75) is 25.7 Å². The summed E-state index contributed by atoms with van der Waals surface area (Å²) in [6.45, 7) is 1.98. The number of para-hydroxylation sites is 1. The molecule has 0 aliphatic heterocycles. The van der Waals surface area contributed by atoms with Crippen molar-refractivity contribution >= 4 is 16.9 Å². The fourth-order valence-corrected chi connectivity index (χ4v) is 1.96. The number of benzene rings is 1. The van der Waals surface area contributed by atoms with Crippen molar-refractivity contribution in [3.8, 4) is 0 Å². The van der Waals surface area contributed by atoms with Gasteiger partial charge < -0.3 is 5.11 Å². The molecule has 0 amide bonds. The molecule has 0 spiro atoms. The highest BCUT2D eigenvalue weighted by Gasteiger charge is 2.20. The highest BCUT2D eigenvalue weighted by Crippen LogP contribution is 2.22. The summed E-state index contributed by atoms with van der Waals surface area (Å²) in [7, 11) is 0. The highest BCUT2D eigenvalue weighted by atomic mass is 16.4. The van der Waals surface area contributed by atoms with Gasteiger partial charge in [-0.15, -0.1) is 0 Å². The van der Waals surface area contributed by atoms with Gasteiger partial charge in [0.25, 0.3) is 0 Å². The Morgan fingerprint density at radius 2 is 2.06 bits per heavy atom. The summed E-state index contributed by atoms with van der Waals surface area (Å²) >= 11 is 0. The van der Waals surface area contributed by atoms with Gasteiger partial charge in [0, 0.05) is 5.39 Å². The molecule has 2 rings (SSSR count). The number of nitrogens with zero attached hydrogens (tertiary/aromatic N) is 1. The molecule has 1 N–H and O–H groups in total. The minimum Gasteiger partial charge on any atom is -0.481 e. The number of hydrogen-bond donors (Lipinski definition) is 1. The summed E-state index contributed by atoms with van der Waals surface area (Å²) < 4.78 is 0. The average molecular weight is 229 g/mol. The van der Waals surface area contributed by atoms with Gasteiger partial charge in [-0.25, -0.2) is 0 Å². The zero-order valence-electron chi connectivity index (χ0n) is 9.76. The average Bonchev–Trinajstić information content (AvgIpc) is 2.35.